The van der Waals surface area contributed by atoms with E-state index in [1.165, 1.54) is 5.56 Å². The van der Waals surface area contributed by atoms with E-state index < -0.39 is 0 Å². The first-order chi connectivity index (χ1) is 9.70. The first-order valence-electron chi connectivity index (χ1n) is 7.05. The molecular formula is C16H20N2O2. The third kappa shape index (κ3) is 3.70. The van der Waals surface area contributed by atoms with Gasteiger partial charge in [0.25, 0.3) is 5.91 Å². The molecule has 1 aromatic carbocycles. The summed E-state index contributed by atoms with van der Waals surface area (Å²) < 4.78 is 0. The van der Waals surface area contributed by atoms with Crippen molar-refractivity contribution in [3.8, 4) is 0 Å². The molecule has 0 spiro atoms. The number of carbonyl (C=O) groups excluding carboxylic acids is 2. The Morgan fingerprint density at radius 2 is 1.90 bits per heavy atom. The lowest BCUT2D eigenvalue weighted by molar-refractivity contribution is -0.126. The van der Waals surface area contributed by atoms with Crippen molar-refractivity contribution in [3.05, 3.63) is 47.5 Å². The second-order valence-electron chi connectivity index (χ2n) is 4.98. The first kappa shape index (κ1) is 14.3. The molecule has 1 aliphatic rings. The van der Waals surface area contributed by atoms with Crippen LogP contribution >= 0.6 is 0 Å². The lowest BCUT2D eigenvalue weighted by Gasteiger charge is -2.17. The molecule has 20 heavy (non-hydrogen) atoms. The number of hydrogen-bond donors (Lipinski definition) is 2. The average molecular weight is 272 g/mol. The molecule has 4 heteroatoms. The van der Waals surface area contributed by atoms with Crippen LogP contribution in [0.4, 0.5) is 0 Å². The minimum atomic E-state index is -0.285. The molecule has 1 atom stereocenters. The van der Waals surface area contributed by atoms with E-state index in [0.717, 1.165) is 25.7 Å². The highest BCUT2D eigenvalue weighted by Gasteiger charge is 2.19. The van der Waals surface area contributed by atoms with Gasteiger partial charge in [-0.2, -0.15) is 0 Å². The fourth-order valence-corrected chi connectivity index (χ4v) is 2.22. The fraction of sp³-hybridized carbons (Fsp3) is 0.375. The molecule has 106 valence electrons. The second-order valence-corrected chi connectivity index (χ2v) is 4.98. The van der Waals surface area contributed by atoms with Gasteiger partial charge < -0.3 is 0 Å². The number of hydrazine groups is 1. The van der Waals surface area contributed by atoms with Crippen LogP contribution in [0, 0.1) is 5.92 Å². The van der Waals surface area contributed by atoms with Gasteiger partial charge in [-0.25, -0.2) is 0 Å². The van der Waals surface area contributed by atoms with E-state index in [0.29, 0.717) is 5.56 Å². The molecule has 0 saturated heterocycles. The Morgan fingerprint density at radius 3 is 2.50 bits per heavy atom. The Bertz CT molecular complexity index is 506. The number of amides is 2. The molecule has 0 aromatic heterocycles. The van der Waals surface area contributed by atoms with Crippen LogP contribution in [0.3, 0.4) is 0 Å². The molecule has 0 aliphatic heterocycles. The smallest absolute Gasteiger partial charge is 0.269 e. The van der Waals surface area contributed by atoms with Gasteiger partial charge >= 0.3 is 0 Å². The summed E-state index contributed by atoms with van der Waals surface area (Å²) in [5, 5.41) is 0. The van der Waals surface area contributed by atoms with Gasteiger partial charge in [0.1, 0.15) is 0 Å². The standard InChI is InChI=1S/C16H20N2O2/c1-2-12-8-10-14(11-9-12)16(20)18-17-15(19)13-6-4-3-5-7-13/h3-4,8-11,13H,2,5-7H2,1H3,(H,17,19)(H,18,20)/t13-/m0/s1. The van der Waals surface area contributed by atoms with Crippen LogP contribution < -0.4 is 10.9 Å². The second kappa shape index (κ2) is 6.89. The molecule has 2 amide bonds. The van der Waals surface area contributed by atoms with E-state index in [2.05, 4.69) is 23.9 Å². The fourth-order valence-electron chi connectivity index (χ4n) is 2.22. The molecule has 0 radical (unpaired) electrons. The summed E-state index contributed by atoms with van der Waals surface area (Å²) in [4.78, 5) is 23.8. The number of carbonyl (C=O) groups is 2. The van der Waals surface area contributed by atoms with E-state index in [9.17, 15) is 9.59 Å². The van der Waals surface area contributed by atoms with Gasteiger partial charge in [-0.3, -0.25) is 20.4 Å². The molecule has 2 rings (SSSR count). The summed E-state index contributed by atoms with van der Waals surface area (Å²) >= 11 is 0. The monoisotopic (exact) mass is 272 g/mol. The van der Waals surface area contributed by atoms with Crippen molar-refractivity contribution in [2.24, 2.45) is 5.92 Å². The minimum Gasteiger partial charge on any atom is -0.273 e. The van der Waals surface area contributed by atoms with Gasteiger partial charge in [0.2, 0.25) is 5.91 Å². The van der Waals surface area contributed by atoms with E-state index in [1.807, 2.05) is 18.2 Å². The summed E-state index contributed by atoms with van der Waals surface area (Å²) in [5.74, 6) is -0.442. The summed E-state index contributed by atoms with van der Waals surface area (Å²) in [7, 11) is 0. The molecule has 1 aliphatic carbocycles. The molecule has 4 nitrogen and oxygen atoms in total. The van der Waals surface area contributed by atoms with Crippen molar-refractivity contribution in [1.29, 1.82) is 0 Å². The lowest BCUT2D eigenvalue weighted by atomic mass is 9.94. The molecule has 0 bridgehead atoms. The highest BCUT2D eigenvalue weighted by molar-refractivity contribution is 5.95. The zero-order valence-electron chi connectivity index (χ0n) is 11.7. The maximum absolute atomic E-state index is 11.9. The number of allylic oxidation sites excluding steroid dienone is 2. The Kier molecular flexibility index (Phi) is 4.93. The van der Waals surface area contributed by atoms with Crippen LogP contribution in [0.1, 0.15) is 42.1 Å². The predicted octanol–water partition coefficient (Wildman–Crippen LogP) is 2.37. The Hall–Kier alpha value is -2.10. The highest BCUT2D eigenvalue weighted by atomic mass is 16.2. The Balaban J connectivity index is 1.84. The zero-order chi connectivity index (χ0) is 14.4. The van der Waals surface area contributed by atoms with E-state index in [1.54, 1.807) is 12.1 Å². The maximum Gasteiger partial charge on any atom is 0.269 e. The molecule has 0 heterocycles. The molecule has 0 saturated carbocycles. The number of hydrogen-bond acceptors (Lipinski definition) is 2. The Labute approximate surface area is 119 Å². The van der Waals surface area contributed by atoms with Gasteiger partial charge in [-0.1, -0.05) is 31.2 Å². The lowest BCUT2D eigenvalue weighted by Crippen LogP contribution is -2.44. The van der Waals surface area contributed by atoms with Crippen LogP contribution in [-0.2, 0) is 11.2 Å². The summed E-state index contributed by atoms with van der Waals surface area (Å²) in [5.41, 5.74) is 6.71. The van der Waals surface area contributed by atoms with Crippen LogP contribution in [0.25, 0.3) is 0 Å². The minimum absolute atomic E-state index is 0.0391. The molecule has 2 N–H and O–H groups in total. The normalized spacial score (nSPS) is 17.6. The van der Waals surface area contributed by atoms with Crippen LogP contribution in [0.5, 0.6) is 0 Å². The summed E-state index contributed by atoms with van der Waals surface area (Å²) in [6, 6.07) is 7.37. The zero-order valence-corrected chi connectivity index (χ0v) is 11.7. The number of nitrogens with one attached hydrogen (secondary N) is 2. The van der Waals surface area contributed by atoms with Crippen molar-refractivity contribution < 1.29 is 9.59 Å². The third-order valence-electron chi connectivity index (χ3n) is 3.56. The van der Waals surface area contributed by atoms with Crippen molar-refractivity contribution in [1.82, 2.24) is 10.9 Å². The van der Waals surface area contributed by atoms with E-state index in [4.69, 9.17) is 0 Å². The molecular weight excluding hydrogens is 252 g/mol. The van der Waals surface area contributed by atoms with Crippen LogP contribution in [0.15, 0.2) is 36.4 Å². The topological polar surface area (TPSA) is 58.2 Å². The number of benzene rings is 1. The van der Waals surface area contributed by atoms with Crippen LogP contribution in [0.2, 0.25) is 0 Å². The molecule has 1 aromatic rings. The third-order valence-corrected chi connectivity index (χ3v) is 3.56. The summed E-state index contributed by atoms with van der Waals surface area (Å²) in [6.07, 6.45) is 7.53. The molecule has 0 unspecified atom stereocenters. The van der Waals surface area contributed by atoms with Gasteiger partial charge in [0.05, 0.1) is 0 Å². The largest absolute Gasteiger partial charge is 0.273 e. The SMILES string of the molecule is CCc1ccc(C(=O)NNC(=O)[C@H]2CC=CCC2)cc1. The Morgan fingerprint density at radius 1 is 1.15 bits per heavy atom. The quantitative estimate of drug-likeness (QED) is 0.655. The first-order valence-corrected chi connectivity index (χ1v) is 7.05. The van der Waals surface area contributed by atoms with Crippen molar-refractivity contribution in [2.45, 2.75) is 32.6 Å². The molecule has 0 fully saturated rings. The number of rotatable bonds is 3. The van der Waals surface area contributed by atoms with E-state index >= 15 is 0 Å². The van der Waals surface area contributed by atoms with E-state index in [-0.39, 0.29) is 17.7 Å². The van der Waals surface area contributed by atoms with Crippen molar-refractivity contribution in [3.63, 3.8) is 0 Å². The summed E-state index contributed by atoms with van der Waals surface area (Å²) in [6.45, 7) is 2.06. The van der Waals surface area contributed by atoms with Gasteiger partial charge in [-0.15, -0.1) is 0 Å². The van der Waals surface area contributed by atoms with Gasteiger partial charge in [-0.05, 0) is 43.4 Å². The maximum atomic E-state index is 11.9. The van der Waals surface area contributed by atoms with Crippen LogP contribution in [-0.4, -0.2) is 11.8 Å². The van der Waals surface area contributed by atoms with Gasteiger partial charge in [0.15, 0.2) is 0 Å². The average Bonchev–Trinajstić information content (AvgIpc) is 2.53. The van der Waals surface area contributed by atoms with Crippen molar-refractivity contribution >= 4 is 11.8 Å². The highest BCUT2D eigenvalue weighted by Crippen LogP contribution is 2.17. The van der Waals surface area contributed by atoms with Crippen molar-refractivity contribution in [2.75, 3.05) is 0 Å². The number of aryl methyl sites for hydroxylation is 1. The van der Waals surface area contributed by atoms with Gasteiger partial charge in [0, 0.05) is 11.5 Å². The predicted molar refractivity (Wildman–Crippen MR) is 77.9 cm³/mol.